The monoisotopic (exact) mass is 475 g/mol. The number of benzene rings is 2. The standard InChI is InChI=1S/C24H33N3O5S/c1-26(33(29,30)21-10-11-22(31-2)23(15-21)32-3)18-24(28)25-16-19-8-7-9-20(14-19)17-27-12-5-4-6-13-27/h7-11,14-15H,4-6,12-13,16-18H2,1-3H3,(H,25,28). The number of hydrogen-bond acceptors (Lipinski definition) is 6. The molecule has 180 valence electrons. The highest BCUT2D eigenvalue weighted by Crippen LogP contribution is 2.30. The lowest BCUT2D eigenvalue weighted by atomic mass is 10.1. The molecular weight excluding hydrogens is 442 g/mol. The van der Waals surface area contributed by atoms with Crippen LogP contribution in [0.2, 0.25) is 0 Å². The van der Waals surface area contributed by atoms with E-state index in [0.29, 0.717) is 18.0 Å². The smallest absolute Gasteiger partial charge is 0.243 e. The van der Waals surface area contributed by atoms with E-state index in [-0.39, 0.29) is 17.3 Å². The summed E-state index contributed by atoms with van der Waals surface area (Å²) in [5.41, 5.74) is 2.21. The van der Waals surface area contributed by atoms with Crippen LogP contribution in [0.3, 0.4) is 0 Å². The van der Waals surface area contributed by atoms with Gasteiger partial charge in [-0.1, -0.05) is 30.7 Å². The van der Waals surface area contributed by atoms with Gasteiger partial charge in [-0.2, -0.15) is 4.31 Å². The number of ether oxygens (including phenoxy) is 2. The van der Waals surface area contributed by atoms with Gasteiger partial charge in [-0.15, -0.1) is 0 Å². The SMILES string of the molecule is COc1ccc(S(=O)(=O)N(C)CC(=O)NCc2cccc(CN3CCCCC3)c2)cc1OC. The molecule has 1 fully saturated rings. The Bertz CT molecular complexity index is 1050. The number of likely N-dealkylation sites (N-methyl/N-ethyl adjacent to an activating group) is 1. The third kappa shape index (κ3) is 6.69. The number of amides is 1. The first-order valence-electron chi connectivity index (χ1n) is 11.1. The lowest BCUT2D eigenvalue weighted by Crippen LogP contribution is -2.38. The summed E-state index contributed by atoms with van der Waals surface area (Å²) in [6, 6.07) is 12.5. The van der Waals surface area contributed by atoms with E-state index in [0.717, 1.165) is 29.5 Å². The average Bonchev–Trinajstić information content (AvgIpc) is 2.83. The van der Waals surface area contributed by atoms with Crippen LogP contribution in [0.5, 0.6) is 11.5 Å². The van der Waals surface area contributed by atoms with Crippen LogP contribution in [-0.2, 0) is 27.9 Å². The van der Waals surface area contributed by atoms with Crippen molar-refractivity contribution in [3.63, 3.8) is 0 Å². The second-order valence-electron chi connectivity index (χ2n) is 8.21. The van der Waals surface area contributed by atoms with Crippen LogP contribution in [0, 0.1) is 0 Å². The maximum Gasteiger partial charge on any atom is 0.243 e. The molecule has 1 amide bonds. The van der Waals surface area contributed by atoms with Crippen molar-refractivity contribution in [3.8, 4) is 11.5 Å². The fourth-order valence-electron chi connectivity index (χ4n) is 3.91. The average molecular weight is 476 g/mol. The highest BCUT2D eigenvalue weighted by molar-refractivity contribution is 7.89. The molecule has 1 saturated heterocycles. The Hall–Kier alpha value is -2.62. The van der Waals surface area contributed by atoms with Gasteiger partial charge in [0.25, 0.3) is 0 Å². The van der Waals surface area contributed by atoms with Crippen molar-refractivity contribution in [2.75, 3.05) is 40.9 Å². The van der Waals surface area contributed by atoms with Crippen LogP contribution in [0.4, 0.5) is 0 Å². The number of carbonyl (C=O) groups excluding carboxylic acids is 1. The summed E-state index contributed by atoms with van der Waals surface area (Å²) in [6.07, 6.45) is 3.80. The summed E-state index contributed by atoms with van der Waals surface area (Å²) < 4.78 is 37.1. The molecule has 1 aliphatic heterocycles. The van der Waals surface area contributed by atoms with Gasteiger partial charge in [0, 0.05) is 26.2 Å². The number of nitrogens with one attached hydrogen (secondary N) is 1. The molecule has 1 aliphatic rings. The number of likely N-dealkylation sites (tertiary alicyclic amines) is 1. The number of hydrogen-bond donors (Lipinski definition) is 1. The third-order valence-electron chi connectivity index (χ3n) is 5.77. The van der Waals surface area contributed by atoms with E-state index in [9.17, 15) is 13.2 Å². The van der Waals surface area contributed by atoms with Crippen molar-refractivity contribution in [2.45, 2.75) is 37.2 Å². The minimum Gasteiger partial charge on any atom is -0.493 e. The molecule has 0 bridgehead atoms. The molecule has 0 aliphatic carbocycles. The Kier molecular flexibility index (Phi) is 8.71. The van der Waals surface area contributed by atoms with Crippen molar-refractivity contribution < 1.29 is 22.7 Å². The zero-order chi connectivity index (χ0) is 23.8. The van der Waals surface area contributed by atoms with Gasteiger partial charge in [0.2, 0.25) is 15.9 Å². The van der Waals surface area contributed by atoms with Crippen molar-refractivity contribution >= 4 is 15.9 Å². The van der Waals surface area contributed by atoms with Crippen LogP contribution in [-0.4, -0.2) is 64.4 Å². The highest BCUT2D eigenvalue weighted by atomic mass is 32.2. The first-order chi connectivity index (χ1) is 15.8. The summed E-state index contributed by atoms with van der Waals surface area (Å²) in [4.78, 5) is 14.9. The van der Waals surface area contributed by atoms with E-state index >= 15 is 0 Å². The van der Waals surface area contributed by atoms with E-state index < -0.39 is 10.0 Å². The van der Waals surface area contributed by atoms with Gasteiger partial charge in [0.05, 0.1) is 25.7 Å². The molecule has 0 saturated carbocycles. The highest BCUT2D eigenvalue weighted by Gasteiger charge is 2.24. The van der Waals surface area contributed by atoms with Crippen LogP contribution in [0.25, 0.3) is 0 Å². The zero-order valence-electron chi connectivity index (χ0n) is 19.5. The third-order valence-corrected chi connectivity index (χ3v) is 7.56. The summed E-state index contributed by atoms with van der Waals surface area (Å²) in [5, 5.41) is 2.82. The van der Waals surface area contributed by atoms with Crippen LogP contribution in [0.15, 0.2) is 47.4 Å². The number of piperidine rings is 1. The van der Waals surface area contributed by atoms with Gasteiger partial charge >= 0.3 is 0 Å². The molecule has 33 heavy (non-hydrogen) atoms. The van der Waals surface area contributed by atoms with E-state index in [1.807, 2.05) is 12.1 Å². The van der Waals surface area contributed by atoms with Gasteiger partial charge in [0.15, 0.2) is 11.5 Å². The second-order valence-corrected chi connectivity index (χ2v) is 10.3. The molecule has 1 N–H and O–H groups in total. The van der Waals surface area contributed by atoms with Gasteiger partial charge in [0.1, 0.15) is 0 Å². The summed E-state index contributed by atoms with van der Waals surface area (Å²) in [7, 11) is 0.429. The molecule has 9 heteroatoms. The molecule has 8 nitrogen and oxygen atoms in total. The Labute approximate surface area is 196 Å². The Morgan fingerprint density at radius 3 is 2.39 bits per heavy atom. The quantitative estimate of drug-likeness (QED) is 0.568. The Balaban J connectivity index is 1.56. The molecule has 0 aromatic heterocycles. The lowest BCUT2D eigenvalue weighted by molar-refractivity contribution is -0.121. The molecule has 0 atom stereocenters. The van der Waals surface area contributed by atoms with Crippen LogP contribution in [0.1, 0.15) is 30.4 Å². The fraction of sp³-hybridized carbons (Fsp3) is 0.458. The predicted octanol–water partition coefficient (Wildman–Crippen LogP) is 2.63. The van der Waals surface area contributed by atoms with E-state index in [2.05, 4.69) is 22.3 Å². The number of nitrogens with zero attached hydrogens (tertiary/aromatic N) is 2. The largest absolute Gasteiger partial charge is 0.493 e. The minimum atomic E-state index is -3.87. The van der Waals surface area contributed by atoms with Crippen molar-refractivity contribution in [1.29, 1.82) is 0 Å². The van der Waals surface area contributed by atoms with Gasteiger partial charge < -0.3 is 14.8 Å². The molecule has 0 radical (unpaired) electrons. The Morgan fingerprint density at radius 2 is 1.70 bits per heavy atom. The molecule has 2 aromatic carbocycles. The van der Waals surface area contributed by atoms with Crippen molar-refractivity contribution in [1.82, 2.24) is 14.5 Å². The van der Waals surface area contributed by atoms with Gasteiger partial charge in [-0.25, -0.2) is 8.42 Å². The summed E-state index contributed by atoms with van der Waals surface area (Å²) in [5.74, 6) is 0.364. The van der Waals surface area contributed by atoms with E-state index in [4.69, 9.17) is 9.47 Å². The zero-order valence-corrected chi connectivity index (χ0v) is 20.4. The first-order valence-corrected chi connectivity index (χ1v) is 12.5. The number of carbonyl (C=O) groups is 1. The number of sulfonamides is 1. The molecule has 3 rings (SSSR count). The fourth-order valence-corrected chi connectivity index (χ4v) is 5.06. The minimum absolute atomic E-state index is 0.0286. The van der Waals surface area contributed by atoms with Crippen molar-refractivity contribution in [3.05, 3.63) is 53.6 Å². The Morgan fingerprint density at radius 1 is 1.00 bits per heavy atom. The van der Waals surface area contributed by atoms with Gasteiger partial charge in [-0.05, 0) is 49.2 Å². The first kappa shape index (κ1) is 25.0. The lowest BCUT2D eigenvalue weighted by Gasteiger charge is -2.26. The van der Waals surface area contributed by atoms with Crippen LogP contribution >= 0.6 is 0 Å². The van der Waals surface area contributed by atoms with Crippen LogP contribution < -0.4 is 14.8 Å². The van der Waals surface area contributed by atoms with Crippen molar-refractivity contribution in [2.24, 2.45) is 0 Å². The topological polar surface area (TPSA) is 88.2 Å². The number of methoxy groups -OCH3 is 2. The molecule has 0 unspecified atom stereocenters. The molecule has 2 aromatic rings. The van der Waals surface area contributed by atoms with E-state index in [1.54, 1.807) is 0 Å². The maximum absolute atomic E-state index is 12.9. The molecule has 1 heterocycles. The normalized spacial score (nSPS) is 14.8. The van der Waals surface area contributed by atoms with Gasteiger partial charge in [-0.3, -0.25) is 9.69 Å². The second kappa shape index (κ2) is 11.5. The summed E-state index contributed by atoms with van der Waals surface area (Å²) in [6.45, 7) is 3.22. The summed E-state index contributed by atoms with van der Waals surface area (Å²) >= 11 is 0. The predicted molar refractivity (Wildman–Crippen MR) is 127 cm³/mol. The van der Waals surface area contributed by atoms with E-state index in [1.165, 1.54) is 64.3 Å². The molecular formula is C24H33N3O5S. The number of rotatable bonds is 10. The maximum atomic E-state index is 12.9. The molecule has 0 spiro atoms.